The maximum Gasteiger partial charge on any atom is 0.292 e. The van der Waals surface area contributed by atoms with Crippen LogP contribution in [-0.4, -0.2) is 27.3 Å². The van der Waals surface area contributed by atoms with Crippen LogP contribution in [0, 0.1) is 11.6 Å². The van der Waals surface area contributed by atoms with E-state index < -0.39 is 17.2 Å². The van der Waals surface area contributed by atoms with Crippen LogP contribution in [0.5, 0.6) is 0 Å². The molecule has 4 nitrogen and oxygen atoms in total. The molecule has 0 unspecified atom stereocenters. The number of hydrogen-bond acceptors (Lipinski definition) is 4. The predicted octanol–water partition coefficient (Wildman–Crippen LogP) is 3.72. The fourth-order valence-corrected chi connectivity index (χ4v) is 2.17. The Morgan fingerprint density at radius 2 is 2.09 bits per heavy atom. The molecule has 0 fully saturated rings. The minimum absolute atomic E-state index is 0.0543. The van der Waals surface area contributed by atoms with Gasteiger partial charge in [0.15, 0.2) is 5.82 Å². The van der Waals surface area contributed by atoms with E-state index in [2.05, 4.69) is 10.4 Å². The summed E-state index contributed by atoms with van der Waals surface area (Å²) in [4.78, 5) is 12.3. The Morgan fingerprint density at radius 1 is 1.39 bits per heavy atom. The van der Waals surface area contributed by atoms with Crippen LogP contribution >= 0.6 is 23.4 Å². The van der Waals surface area contributed by atoms with Crippen molar-refractivity contribution in [3.8, 4) is 5.69 Å². The van der Waals surface area contributed by atoms with E-state index in [1.165, 1.54) is 6.20 Å². The summed E-state index contributed by atoms with van der Waals surface area (Å²) in [6.45, 7) is 4.66. The molecule has 1 aromatic heterocycles. The molecule has 0 aliphatic heterocycles. The zero-order valence-corrected chi connectivity index (χ0v) is 14.4. The standard InChI is InChI=1S/C15H16ClF2N3OS/c1-15(2,23-3)8-19-11-7-20-21(14(22)13(11)16)12-5-4-9(17)6-10(12)18/h4-7,19H,8H2,1-3H3. The second kappa shape index (κ2) is 6.88. The Labute approximate surface area is 141 Å². The summed E-state index contributed by atoms with van der Waals surface area (Å²) in [6, 6.07) is 2.87. The van der Waals surface area contributed by atoms with Gasteiger partial charge in [0, 0.05) is 17.4 Å². The average molecular weight is 360 g/mol. The van der Waals surface area contributed by atoms with E-state index in [-0.39, 0.29) is 15.5 Å². The van der Waals surface area contributed by atoms with Crippen molar-refractivity contribution in [3.63, 3.8) is 0 Å². The van der Waals surface area contributed by atoms with E-state index in [4.69, 9.17) is 11.6 Å². The van der Waals surface area contributed by atoms with Crippen molar-refractivity contribution in [2.24, 2.45) is 0 Å². The zero-order valence-electron chi connectivity index (χ0n) is 12.9. The quantitative estimate of drug-likeness (QED) is 0.883. The molecule has 23 heavy (non-hydrogen) atoms. The summed E-state index contributed by atoms with van der Waals surface area (Å²) in [5.74, 6) is -1.62. The molecule has 1 aromatic carbocycles. The second-order valence-corrected chi connectivity index (χ2v) is 7.39. The number of benzene rings is 1. The highest BCUT2D eigenvalue weighted by Gasteiger charge is 2.18. The summed E-state index contributed by atoms with van der Waals surface area (Å²) in [5.41, 5.74) is -0.462. The highest BCUT2D eigenvalue weighted by atomic mass is 35.5. The van der Waals surface area contributed by atoms with Gasteiger partial charge in [-0.25, -0.2) is 8.78 Å². The summed E-state index contributed by atoms with van der Waals surface area (Å²) >= 11 is 7.73. The van der Waals surface area contributed by atoms with Crippen LogP contribution in [0.25, 0.3) is 5.69 Å². The predicted molar refractivity (Wildman–Crippen MR) is 90.8 cm³/mol. The lowest BCUT2D eigenvalue weighted by Gasteiger charge is -2.23. The molecule has 0 amide bonds. The van der Waals surface area contributed by atoms with E-state index >= 15 is 0 Å². The van der Waals surface area contributed by atoms with Gasteiger partial charge in [-0.15, -0.1) is 0 Å². The molecule has 1 heterocycles. The molecule has 0 saturated heterocycles. The third-order valence-corrected chi connectivity index (χ3v) is 4.93. The van der Waals surface area contributed by atoms with Gasteiger partial charge in [-0.2, -0.15) is 21.5 Å². The van der Waals surface area contributed by atoms with Crippen LogP contribution in [0.4, 0.5) is 14.5 Å². The van der Waals surface area contributed by atoms with Crippen LogP contribution in [0.2, 0.25) is 5.02 Å². The minimum atomic E-state index is -0.889. The van der Waals surface area contributed by atoms with Crippen LogP contribution in [0.15, 0.2) is 29.2 Å². The van der Waals surface area contributed by atoms with Gasteiger partial charge in [0.25, 0.3) is 5.56 Å². The van der Waals surface area contributed by atoms with Gasteiger partial charge in [-0.05, 0) is 32.2 Å². The lowest BCUT2D eigenvalue weighted by atomic mass is 10.2. The highest BCUT2D eigenvalue weighted by molar-refractivity contribution is 7.99. The van der Waals surface area contributed by atoms with Gasteiger partial charge in [0.05, 0.1) is 11.9 Å². The van der Waals surface area contributed by atoms with E-state index in [0.717, 1.165) is 16.8 Å². The molecular weight excluding hydrogens is 344 g/mol. The first-order valence-electron chi connectivity index (χ1n) is 6.77. The monoisotopic (exact) mass is 359 g/mol. The molecule has 0 radical (unpaired) electrons. The smallest absolute Gasteiger partial charge is 0.292 e. The van der Waals surface area contributed by atoms with Crippen LogP contribution in [-0.2, 0) is 0 Å². The third kappa shape index (κ3) is 4.03. The molecule has 0 atom stereocenters. The Hall–Kier alpha value is -1.60. The molecule has 2 rings (SSSR count). The van der Waals surface area contributed by atoms with Gasteiger partial charge in [-0.1, -0.05) is 11.6 Å². The number of rotatable bonds is 5. The van der Waals surface area contributed by atoms with Crippen molar-refractivity contribution in [1.29, 1.82) is 0 Å². The molecule has 0 saturated carbocycles. The van der Waals surface area contributed by atoms with E-state index in [0.29, 0.717) is 18.3 Å². The largest absolute Gasteiger partial charge is 0.381 e. The Kier molecular flexibility index (Phi) is 5.31. The molecule has 0 spiro atoms. The SMILES string of the molecule is CSC(C)(C)CNc1cnn(-c2ccc(F)cc2F)c(=O)c1Cl. The minimum Gasteiger partial charge on any atom is -0.381 e. The number of hydrogen-bond donors (Lipinski definition) is 1. The first kappa shape index (κ1) is 17.7. The van der Waals surface area contributed by atoms with E-state index in [9.17, 15) is 13.6 Å². The van der Waals surface area contributed by atoms with Gasteiger partial charge >= 0.3 is 0 Å². The lowest BCUT2D eigenvalue weighted by molar-refractivity contribution is 0.570. The topological polar surface area (TPSA) is 46.9 Å². The number of thioether (sulfide) groups is 1. The van der Waals surface area contributed by atoms with Crippen molar-refractivity contribution in [1.82, 2.24) is 9.78 Å². The number of halogens is 3. The number of nitrogens with one attached hydrogen (secondary N) is 1. The normalized spacial score (nSPS) is 11.6. The fourth-order valence-electron chi connectivity index (χ4n) is 1.76. The van der Waals surface area contributed by atoms with Crippen molar-refractivity contribution >= 4 is 29.1 Å². The Morgan fingerprint density at radius 3 is 2.70 bits per heavy atom. The maximum absolute atomic E-state index is 13.8. The maximum atomic E-state index is 13.8. The van der Waals surface area contributed by atoms with Gasteiger partial charge in [0.1, 0.15) is 16.5 Å². The summed E-state index contributed by atoms with van der Waals surface area (Å²) in [7, 11) is 0. The van der Waals surface area contributed by atoms with Crippen molar-refractivity contribution in [3.05, 3.63) is 51.4 Å². The highest BCUT2D eigenvalue weighted by Crippen LogP contribution is 2.24. The second-order valence-electron chi connectivity index (χ2n) is 5.50. The molecule has 0 aliphatic carbocycles. The average Bonchev–Trinajstić information content (AvgIpc) is 2.50. The van der Waals surface area contributed by atoms with Crippen molar-refractivity contribution in [2.45, 2.75) is 18.6 Å². The number of nitrogens with zero attached hydrogens (tertiary/aromatic N) is 2. The van der Waals surface area contributed by atoms with Gasteiger partial charge in [0.2, 0.25) is 0 Å². The third-order valence-electron chi connectivity index (χ3n) is 3.31. The van der Waals surface area contributed by atoms with Gasteiger partial charge < -0.3 is 5.32 Å². The summed E-state index contributed by atoms with van der Waals surface area (Å²) in [6.07, 6.45) is 3.33. The Bertz CT molecular complexity index is 780. The Balaban J connectivity index is 2.36. The lowest BCUT2D eigenvalue weighted by Crippen LogP contribution is -2.28. The number of anilines is 1. The summed E-state index contributed by atoms with van der Waals surface area (Å²) < 4.78 is 27.5. The van der Waals surface area contributed by atoms with Crippen LogP contribution < -0.4 is 10.9 Å². The molecule has 2 aromatic rings. The first-order chi connectivity index (χ1) is 10.7. The van der Waals surface area contributed by atoms with Gasteiger partial charge in [-0.3, -0.25) is 4.79 Å². The molecule has 0 bridgehead atoms. The summed E-state index contributed by atoms with van der Waals surface area (Å²) in [5, 5.41) is 6.88. The van der Waals surface area contributed by atoms with Crippen molar-refractivity contribution in [2.75, 3.05) is 18.1 Å². The van der Waals surface area contributed by atoms with Crippen LogP contribution in [0.1, 0.15) is 13.8 Å². The molecule has 1 N–H and O–H groups in total. The van der Waals surface area contributed by atoms with E-state index in [1.807, 2.05) is 20.1 Å². The van der Waals surface area contributed by atoms with E-state index in [1.54, 1.807) is 11.8 Å². The molecular formula is C15H16ClF2N3OS. The van der Waals surface area contributed by atoms with Crippen molar-refractivity contribution < 1.29 is 8.78 Å². The zero-order chi connectivity index (χ0) is 17.2. The molecule has 124 valence electrons. The first-order valence-corrected chi connectivity index (χ1v) is 8.38. The molecule has 0 aliphatic rings. The van der Waals surface area contributed by atoms with Crippen LogP contribution in [0.3, 0.4) is 0 Å². The molecule has 8 heteroatoms. The number of aromatic nitrogens is 2. The fraction of sp³-hybridized carbons (Fsp3) is 0.333.